The fraction of sp³-hybridized carbons (Fsp3) is 0.214. The van der Waals surface area contributed by atoms with Crippen molar-refractivity contribution < 1.29 is 19.0 Å². The first-order valence-electron chi connectivity index (χ1n) is 11.8. The van der Waals surface area contributed by atoms with Gasteiger partial charge in [-0.2, -0.15) is 0 Å². The number of urea groups is 1. The fourth-order valence-corrected chi connectivity index (χ4v) is 4.29. The van der Waals surface area contributed by atoms with E-state index in [4.69, 9.17) is 19.2 Å². The van der Waals surface area contributed by atoms with Gasteiger partial charge in [0.1, 0.15) is 11.5 Å². The topological polar surface area (TPSA) is 85.0 Å². The number of carbonyl (C=O) groups is 1. The summed E-state index contributed by atoms with van der Waals surface area (Å²) < 4.78 is 16.2. The van der Waals surface area contributed by atoms with E-state index in [1.54, 1.807) is 32.4 Å². The molecule has 0 unspecified atom stereocenters. The van der Waals surface area contributed by atoms with Crippen molar-refractivity contribution in [1.29, 1.82) is 0 Å². The zero-order valence-corrected chi connectivity index (χ0v) is 20.3. The van der Waals surface area contributed by atoms with Crippen molar-refractivity contribution in [1.82, 2.24) is 4.98 Å². The van der Waals surface area contributed by atoms with Crippen LogP contribution in [0.15, 0.2) is 72.8 Å². The second-order valence-corrected chi connectivity index (χ2v) is 8.37. The van der Waals surface area contributed by atoms with Crippen LogP contribution in [0, 0.1) is 0 Å². The summed E-state index contributed by atoms with van der Waals surface area (Å²) in [6.07, 6.45) is 0. The average Bonchev–Trinajstić information content (AvgIpc) is 2.93. The lowest BCUT2D eigenvalue weighted by Crippen LogP contribution is -2.36. The number of methoxy groups -OCH3 is 2. The summed E-state index contributed by atoms with van der Waals surface area (Å²) in [7, 11) is 3.13. The maximum Gasteiger partial charge on any atom is 0.323 e. The van der Waals surface area contributed by atoms with Gasteiger partial charge in [0.15, 0.2) is 0 Å². The van der Waals surface area contributed by atoms with E-state index < -0.39 is 0 Å². The molecule has 0 saturated carbocycles. The van der Waals surface area contributed by atoms with Gasteiger partial charge in [-0.3, -0.25) is 0 Å². The zero-order chi connectivity index (χ0) is 24.9. The Hall–Kier alpha value is -4.30. The molecule has 1 aliphatic rings. The number of ether oxygens (including phenoxy) is 3. The Balaban J connectivity index is 1.45. The molecule has 2 heterocycles. The molecule has 0 aliphatic carbocycles. The van der Waals surface area contributed by atoms with Gasteiger partial charge in [-0.25, -0.2) is 9.78 Å². The van der Waals surface area contributed by atoms with Crippen LogP contribution < -0.4 is 25.0 Å². The molecular weight excluding hydrogens is 456 g/mol. The summed E-state index contributed by atoms with van der Waals surface area (Å²) in [5.41, 5.74) is 5.11. The van der Waals surface area contributed by atoms with Crippen LogP contribution in [0.5, 0.6) is 11.5 Å². The molecule has 1 saturated heterocycles. The quantitative estimate of drug-likeness (QED) is 0.381. The molecular formula is C28H28N4O4. The van der Waals surface area contributed by atoms with Crippen LogP contribution >= 0.6 is 0 Å². The zero-order valence-electron chi connectivity index (χ0n) is 20.3. The van der Waals surface area contributed by atoms with Crippen LogP contribution in [-0.2, 0) is 4.74 Å². The standard InChI is InChI=1S/C28H28N4O4/c1-34-21-9-11-24(27(17-21)35-2)31-28(33)29-20-8-10-23-22(16-20)26(32-12-14-36-15-13-32)18-25(30-23)19-6-4-3-5-7-19/h3-11,16-18H,12-15H2,1-2H3,(H2,29,31,33). The number of hydrogen-bond donors (Lipinski definition) is 2. The van der Waals surface area contributed by atoms with E-state index in [2.05, 4.69) is 33.7 Å². The Morgan fingerprint density at radius 3 is 2.47 bits per heavy atom. The molecule has 1 aliphatic heterocycles. The minimum absolute atomic E-state index is 0.375. The van der Waals surface area contributed by atoms with Crippen LogP contribution in [0.4, 0.5) is 21.9 Å². The number of morpholine rings is 1. The van der Waals surface area contributed by atoms with E-state index in [1.165, 1.54) is 0 Å². The molecule has 184 valence electrons. The summed E-state index contributed by atoms with van der Waals surface area (Å²) in [5.74, 6) is 1.15. The molecule has 8 nitrogen and oxygen atoms in total. The van der Waals surface area contributed by atoms with Gasteiger partial charge in [0, 0.05) is 41.5 Å². The molecule has 1 fully saturated rings. The molecule has 1 aromatic heterocycles. The first-order chi connectivity index (χ1) is 17.6. The maximum atomic E-state index is 12.8. The Morgan fingerprint density at radius 2 is 1.72 bits per heavy atom. The van der Waals surface area contributed by atoms with Crippen molar-refractivity contribution >= 4 is 34.0 Å². The number of amides is 2. The van der Waals surface area contributed by atoms with Gasteiger partial charge in [0.2, 0.25) is 0 Å². The lowest BCUT2D eigenvalue weighted by molar-refractivity contribution is 0.123. The minimum atomic E-state index is -0.375. The highest BCUT2D eigenvalue weighted by molar-refractivity contribution is 6.03. The molecule has 2 N–H and O–H groups in total. The molecule has 0 radical (unpaired) electrons. The highest BCUT2D eigenvalue weighted by Crippen LogP contribution is 2.34. The summed E-state index contributed by atoms with van der Waals surface area (Å²) in [4.78, 5) is 20.0. The molecule has 2 amide bonds. The Kier molecular flexibility index (Phi) is 6.86. The van der Waals surface area contributed by atoms with Gasteiger partial charge in [0.25, 0.3) is 0 Å². The summed E-state index contributed by atoms with van der Waals surface area (Å²) in [6.45, 7) is 2.94. The third-order valence-corrected chi connectivity index (χ3v) is 6.12. The van der Waals surface area contributed by atoms with Gasteiger partial charge < -0.3 is 29.7 Å². The van der Waals surface area contributed by atoms with Gasteiger partial charge in [-0.15, -0.1) is 0 Å². The number of rotatable bonds is 6. The molecule has 36 heavy (non-hydrogen) atoms. The van der Waals surface area contributed by atoms with E-state index in [0.717, 1.165) is 40.9 Å². The smallest absolute Gasteiger partial charge is 0.323 e. The largest absolute Gasteiger partial charge is 0.497 e. The van der Waals surface area contributed by atoms with Crippen molar-refractivity contribution in [3.05, 3.63) is 72.8 Å². The molecule has 0 bridgehead atoms. The second kappa shape index (κ2) is 10.5. The van der Waals surface area contributed by atoms with Crippen molar-refractivity contribution in [2.24, 2.45) is 0 Å². The summed E-state index contributed by atoms with van der Waals surface area (Å²) in [5, 5.41) is 6.74. The number of anilines is 3. The van der Waals surface area contributed by atoms with E-state index in [9.17, 15) is 4.79 Å². The van der Waals surface area contributed by atoms with Crippen molar-refractivity contribution in [2.45, 2.75) is 0 Å². The highest BCUT2D eigenvalue weighted by Gasteiger charge is 2.17. The second-order valence-electron chi connectivity index (χ2n) is 8.37. The molecule has 0 spiro atoms. The molecule has 8 heteroatoms. The number of benzene rings is 3. The van der Waals surface area contributed by atoms with Gasteiger partial charge in [-0.05, 0) is 36.4 Å². The van der Waals surface area contributed by atoms with Crippen molar-refractivity contribution in [2.75, 3.05) is 56.1 Å². The van der Waals surface area contributed by atoms with Crippen LogP contribution in [0.3, 0.4) is 0 Å². The predicted octanol–water partition coefficient (Wildman–Crippen LogP) is 5.40. The lowest BCUT2D eigenvalue weighted by atomic mass is 10.1. The van der Waals surface area contributed by atoms with Crippen LogP contribution in [0.25, 0.3) is 22.2 Å². The maximum absolute atomic E-state index is 12.8. The van der Waals surface area contributed by atoms with E-state index in [1.807, 2.05) is 36.4 Å². The third kappa shape index (κ3) is 5.04. The number of carbonyl (C=O) groups excluding carboxylic acids is 1. The molecule has 0 atom stereocenters. The van der Waals surface area contributed by atoms with Crippen LogP contribution in [0.2, 0.25) is 0 Å². The Morgan fingerprint density at radius 1 is 0.917 bits per heavy atom. The number of aromatic nitrogens is 1. The molecule has 3 aromatic carbocycles. The predicted molar refractivity (Wildman–Crippen MR) is 142 cm³/mol. The van der Waals surface area contributed by atoms with E-state index >= 15 is 0 Å². The summed E-state index contributed by atoms with van der Waals surface area (Å²) >= 11 is 0. The van der Waals surface area contributed by atoms with Crippen LogP contribution in [0.1, 0.15) is 0 Å². The van der Waals surface area contributed by atoms with Gasteiger partial charge in [0.05, 0.1) is 44.3 Å². The number of fused-ring (bicyclic) bond motifs is 1. The normalized spacial score (nSPS) is 13.3. The molecule has 4 aromatic rings. The monoisotopic (exact) mass is 484 g/mol. The van der Waals surface area contributed by atoms with Crippen LogP contribution in [-0.4, -0.2) is 51.5 Å². The highest BCUT2D eigenvalue weighted by atomic mass is 16.5. The number of nitrogens with one attached hydrogen (secondary N) is 2. The van der Waals surface area contributed by atoms with Crippen molar-refractivity contribution in [3.63, 3.8) is 0 Å². The van der Waals surface area contributed by atoms with E-state index in [-0.39, 0.29) is 6.03 Å². The van der Waals surface area contributed by atoms with E-state index in [0.29, 0.717) is 36.1 Å². The fourth-order valence-electron chi connectivity index (χ4n) is 4.29. The SMILES string of the molecule is COc1ccc(NC(=O)Nc2ccc3nc(-c4ccccc4)cc(N4CCOCC4)c3c2)c(OC)c1. The minimum Gasteiger partial charge on any atom is -0.497 e. The lowest BCUT2D eigenvalue weighted by Gasteiger charge is -2.30. The number of nitrogens with zero attached hydrogens (tertiary/aromatic N) is 2. The molecule has 5 rings (SSSR count). The van der Waals surface area contributed by atoms with Crippen molar-refractivity contribution in [3.8, 4) is 22.8 Å². The first kappa shape index (κ1) is 23.4. The first-order valence-corrected chi connectivity index (χ1v) is 11.8. The number of pyridine rings is 1. The van der Waals surface area contributed by atoms with Gasteiger partial charge in [-0.1, -0.05) is 30.3 Å². The van der Waals surface area contributed by atoms with Gasteiger partial charge >= 0.3 is 6.03 Å². The average molecular weight is 485 g/mol. The Bertz CT molecular complexity index is 1370. The summed E-state index contributed by atoms with van der Waals surface area (Å²) in [6, 6.07) is 22.9. The Labute approximate surface area is 209 Å². The third-order valence-electron chi connectivity index (χ3n) is 6.12. The number of hydrogen-bond acceptors (Lipinski definition) is 6.